The summed E-state index contributed by atoms with van der Waals surface area (Å²) in [6, 6.07) is 14.4. The highest BCUT2D eigenvalue weighted by Gasteiger charge is 2.16. The Morgan fingerprint density at radius 1 is 1.08 bits per heavy atom. The fourth-order valence-corrected chi connectivity index (χ4v) is 2.53. The molecule has 134 valence electrons. The van der Waals surface area contributed by atoms with Gasteiger partial charge in [0, 0.05) is 11.5 Å². The van der Waals surface area contributed by atoms with Crippen LogP contribution in [0.1, 0.15) is 19.4 Å². The van der Waals surface area contributed by atoms with Crippen LogP contribution in [0.4, 0.5) is 0 Å². The number of allylic oxidation sites excluding steroid dienone is 1. The van der Waals surface area contributed by atoms with Crippen LogP contribution in [0.3, 0.4) is 0 Å². The van der Waals surface area contributed by atoms with Crippen LogP contribution in [-0.4, -0.2) is 16.7 Å². The summed E-state index contributed by atoms with van der Waals surface area (Å²) in [5.74, 6) is 0.576. The lowest BCUT2D eigenvalue weighted by Gasteiger charge is -2.14. The zero-order valence-electron chi connectivity index (χ0n) is 14.8. The molecule has 2 N–H and O–H groups in total. The van der Waals surface area contributed by atoms with Crippen molar-refractivity contribution in [2.24, 2.45) is 0 Å². The van der Waals surface area contributed by atoms with Crippen LogP contribution in [0, 0.1) is 0 Å². The fourth-order valence-electron chi connectivity index (χ4n) is 2.53. The summed E-state index contributed by atoms with van der Waals surface area (Å²) in [6.07, 6.45) is 1.89. The van der Waals surface area contributed by atoms with Crippen molar-refractivity contribution in [1.29, 1.82) is 0 Å². The maximum atomic E-state index is 12.5. The minimum absolute atomic E-state index is 0.0698. The first-order chi connectivity index (χ1) is 12.5. The van der Waals surface area contributed by atoms with Crippen LogP contribution in [0.2, 0.25) is 0 Å². The number of pyridine rings is 1. The summed E-state index contributed by atoms with van der Waals surface area (Å²) < 4.78 is 11.7. The van der Waals surface area contributed by atoms with E-state index in [1.807, 2.05) is 50.3 Å². The number of rotatable bonds is 6. The van der Waals surface area contributed by atoms with E-state index < -0.39 is 5.56 Å². The van der Waals surface area contributed by atoms with E-state index in [0.29, 0.717) is 23.3 Å². The Hall–Kier alpha value is -3.21. The highest BCUT2D eigenvalue weighted by molar-refractivity contribution is 5.88. The normalized spacial score (nSPS) is 10.5. The number of benzene rings is 2. The number of aromatic nitrogens is 1. The van der Waals surface area contributed by atoms with Gasteiger partial charge in [-0.3, -0.25) is 4.79 Å². The first kappa shape index (κ1) is 17.6. The highest BCUT2D eigenvalue weighted by Crippen LogP contribution is 2.33. The Balaban J connectivity index is 2.02. The van der Waals surface area contributed by atoms with E-state index in [9.17, 15) is 9.90 Å². The van der Waals surface area contributed by atoms with Crippen LogP contribution in [0.15, 0.2) is 65.0 Å². The van der Waals surface area contributed by atoms with Crippen LogP contribution in [0.5, 0.6) is 17.2 Å². The number of nitrogens with one attached hydrogen (secondary N) is 1. The molecule has 26 heavy (non-hydrogen) atoms. The standard InChI is InChI=1S/C21H21NO4/c1-14(2)10-11-25-20-19(26-13-15-6-4-3-5-7-15)17-9-8-16(23)12-18(17)22-21(20)24/h3-10,12,23H,11,13H2,1-2H3,(H,22,24). The molecule has 0 aliphatic carbocycles. The molecular formula is C21H21NO4. The summed E-state index contributed by atoms with van der Waals surface area (Å²) >= 11 is 0. The number of ether oxygens (including phenoxy) is 2. The lowest BCUT2D eigenvalue weighted by molar-refractivity contribution is 0.276. The summed E-state index contributed by atoms with van der Waals surface area (Å²) in [5.41, 5.74) is 2.18. The summed E-state index contributed by atoms with van der Waals surface area (Å²) in [4.78, 5) is 15.2. The van der Waals surface area contributed by atoms with Crippen molar-refractivity contribution in [3.63, 3.8) is 0 Å². The molecule has 0 saturated heterocycles. The average Bonchev–Trinajstić information content (AvgIpc) is 2.61. The van der Waals surface area contributed by atoms with Crippen LogP contribution in [-0.2, 0) is 6.61 Å². The zero-order valence-corrected chi connectivity index (χ0v) is 14.8. The smallest absolute Gasteiger partial charge is 0.294 e. The first-order valence-electron chi connectivity index (χ1n) is 8.36. The summed E-state index contributed by atoms with van der Waals surface area (Å²) in [5, 5.41) is 10.4. The van der Waals surface area contributed by atoms with Gasteiger partial charge in [-0.1, -0.05) is 35.9 Å². The van der Waals surface area contributed by atoms with Gasteiger partial charge in [-0.25, -0.2) is 0 Å². The van der Waals surface area contributed by atoms with Crippen molar-refractivity contribution < 1.29 is 14.6 Å². The SMILES string of the molecule is CC(C)=CCOc1c(OCc2ccccc2)c2ccc(O)cc2[nH]c1=O. The Morgan fingerprint density at radius 3 is 2.58 bits per heavy atom. The maximum absolute atomic E-state index is 12.5. The average molecular weight is 351 g/mol. The van der Waals surface area contributed by atoms with Crippen molar-refractivity contribution in [3.8, 4) is 17.2 Å². The Morgan fingerprint density at radius 2 is 1.85 bits per heavy atom. The second-order valence-electron chi connectivity index (χ2n) is 6.21. The third kappa shape index (κ3) is 4.06. The zero-order chi connectivity index (χ0) is 18.5. The lowest BCUT2D eigenvalue weighted by atomic mass is 10.2. The molecule has 3 rings (SSSR count). The van der Waals surface area contributed by atoms with Gasteiger partial charge in [0.25, 0.3) is 5.56 Å². The Bertz CT molecular complexity index is 986. The molecule has 1 aromatic heterocycles. The van der Waals surface area contributed by atoms with E-state index >= 15 is 0 Å². The van der Waals surface area contributed by atoms with Crippen molar-refractivity contribution in [2.45, 2.75) is 20.5 Å². The van der Waals surface area contributed by atoms with Gasteiger partial charge in [-0.15, -0.1) is 0 Å². The van der Waals surface area contributed by atoms with Crippen LogP contribution >= 0.6 is 0 Å². The minimum Gasteiger partial charge on any atom is -0.508 e. The van der Waals surface area contributed by atoms with E-state index in [-0.39, 0.29) is 18.1 Å². The van der Waals surface area contributed by atoms with Gasteiger partial charge in [0.15, 0.2) is 5.75 Å². The monoisotopic (exact) mass is 351 g/mol. The third-order valence-corrected chi connectivity index (χ3v) is 3.85. The van der Waals surface area contributed by atoms with Gasteiger partial charge in [0.05, 0.1) is 5.52 Å². The molecule has 5 heteroatoms. The molecule has 0 unspecified atom stereocenters. The molecule has 0 saturated carbocycles. The number of phenolic OH excluding ortho intramolecular Hbond substituents is 1. The number of phenols is 1. The molecule has 0 bridgehead atoms. The van der Waals surface area contributed by atoms with E-state index in [2.05, 4.69) is 4.98 Å². The first-order valence-corrected chi connectivity index (χ1v) is 8.36. The fraction of sp³-hybridized carbons (Fsp3) is 0.190. The molecule has 2 aromatic carbocycles. The molecule has 0 fully saturated rings. The van der Waals surface area contributed by atoms with E-state index in [1.54, 1.807) is 12.1 Å². The second kappa shape index (κ2) is 7.78. The maximum Gasteiger partial charge on any atom is 0.294 e. The number of fused-ring (bicyclic) bond motifs is 1. The quantitative estimate of drug-likeness (QED) is 0.654. The Kier molecular flexibility index (Phi) is 5.27. The molecular weight excluding hydrogens is 330 g/mol. The predicted molar refractivity (Wildman–Crippen MR) is 102 cm³/mol. The molecule has 0 radical (unpaired) electrons. The third-order valence-electron chi connectivity index (χ3n) is 3.85. The van der Waals surface area contributed by atoms with Crippen LogP contribution < -0.4 is 15.0 Å². The molecule has 0 amide bonds. The summed E-state index contributed by atoms with van der Waals surface area (Å²) in [6.45, 7) is 4.50. The summed E-state index contributed by atoms with van der Waals surface area (Å²) in [7, 11) is 0. The lowest BCUT2D eigenvalue weighted by Crippen LogP contribution is -2.14. The molecule has 0 aliphatic heterocycles. The molecule has 3 aromatic rings. The van der Waals surface area contributed by atoms with E-state index in [4.69, 9.17) is 9.47 Å². The van der Waals surface area contributed by atoms with Gasteiger partial charge >= 0.3 is 0 Å². The Labute approximate surface area is 151 Å². The van der Waals surface area contributed by atoms with Crippen LogP contribution in [0.25, 0.3) is 10.9 Å². The van der Waals surface area contributed by atoms with Gasteiger partial charge in [-0.2, -0.15) is 0 Å². The number of aromatic amines is 1. The van der Waals surface area contributed by atoms with E-state index in [0.717, 1.165) is 11.1 Å². The second-order valence-corrected chi connectivity index (χ2v) is 6.21. The number of hydrogen-bond donors (Lipinski definition) is 2. The molecule has 0 atom stereocenters. The molecule has 0 spiro atoms. The van der Waals surface area contributed by atoms with Crippen molar-refractivity contribution >= 4 is 10.9 Å². The molecule has 1 heterocycles. The van der Waals surface area contributed by atoms with Gasteiger partial charge in [0.2, 0.25) is 5.75 Å². The minimum atomic E-state index is -0.395. The molecule has 0 aliphatic rings. The molecule has 5 nitrogen and oxygen atoms in total. The van der Waals surface area contributed by atoms with Crippen molar-refractivity contribution in [2.75, 3.05) is 6.61 Å². The van der Waals surface area contributed by atoms with Gasteiger partial charge < -0.3 is 19.6 Å². The largest absolute Gasteiger partial charge is 0.508 e. The number of hydrogen-bond acceptors (Lipinski definition) is 4. The topological polar surface area (TPSA) is 71.5 Å². The predicted octanol–water partition coefficient (Wildman–Crippen LogP) is 4.16. The van der Waals surface area contributed by atoms with Crippen molar-refractivity contribution in [3.05, 3.63) is 76.1 Å². The van der Waals surface area contributed by atoms with Gasteiger partial charge in [0.1, 0.15) is 19.0 Å². The number of H-pyrrole nitrogens is 1. The van der Waals surface area contributed by atoms with Gasteiger partial charge in [-0.05, 0) is 37.6 Å². The number of aromatic hydroxyl groups is 1. The highest BCUT2D eigenvalue weighted by atomic mass is 16.5. The van der Waals surface area contributed by atoms with Crippen molar-refractivity contribution in [1.82, 2.24) is 4.98 Å². The van der Waals surface area contributed by atoms with E-state index in [1.165, 1.54) is 6.07 Å².